The summed E-state index contributed by atoms with van der Waals surface area (Å²) in [6, 6.07) is 2.05. The maximum atomic E-state index is 13.4. The molecule has 0 amide bonds. The molecule has 0 atom stereocenters. The fraction of sp³-hybridized carbons (Fsp3) is 0.0909. The van der Waals surface area contributed by atoms with Gasteiger partial charge in [0.15, 0.2) is 11.6 Å². The number of carboxylic acids is 1. The van der Waals surface area contributed by atoms with Crippen molar-refractivity contribution in [2.24, 2.45) is 0 Å². The number of halogens is 2. The van der Waals surface area contributed by atoms with Crippen molar-refractivity contribution < 1.29 is 23.9 Å². The van der Waals surface area contributed by atoms with Crippen molar-refractivity contribution in [3.8, 4) is 17.0 Å². The Bertz CT molecular complexity index is 612. The molecule has 2 rings (SSSR count). The summed E-state index contributed by atoms with van der Waals surface area (Å²) in [6.45, 7) is 1.55. The molecule has 2 aromatic rings. The molecule has 0 radical (unpaired) electrons. The first-order chi connectivity index (χ1) is 8.41. The van der Waals surface area contributed by atoms with Gasteiger partial charge in [-0.25, -0.2) is 9.18 Å². The standard InChI is InChI=1S/C11H7ClFNO4/c1-4-5(12)2-6(13)10(15)9(4)7-3-8(11(16)17)18-14-7/h2-3,15H,1H3,(H,16,17). The minimum absolute atomic E-state index is 0.00352. The Hall–Kier alpha value is -2.08. The molecule has 0 fully saturated rings. The molecule has 0 aliphatic heterocycles. The number of hydrogen-bond donors (Lipinski definition) is 2. The van der Waals surface area contributed by atoms with E-state index in [1.54, 1.807) is 6.92 Å². The number of aromatic nitrogens is 1. The highest BCUT2D eigenvalue weighted by Crippen LogP contribution is 2.37. The summed E-state index contributed by atoms with van der Waals surface area (Å²) in [5.41, 5.74) is 0.390. The van der Waals surface area contributed by atoms with E-state index in [9.17, 15) is 14.3 Å². The van der Waals surface area contributed by atoms with Crippen LogP contribution in [0.25, 0.3) is 11.3 Å². The zero-order valence-corrected chi connectivity index (χ0v) is 9.82. The molecule has 1 aromatic carbocycles. The molecular weight excluding hydrogens is 265 g/mol. The van der Waals surface area contributed by atoms with Crippen molar-refractivity contribution in [1.82, 2.24) is 5.16 Å². The molecule has 0 saturated heterocycles. The predicted molar refractivity (Wildman–Crippen MR) is 60.3 cm³/mol. The van der Waals surface area contributed by atoms with Crippen LogP contribution in [0.15, 0.2) is 16.7 Å². The molecule has 7 heteroatoms. The summed E-state index contributed by atoms with van der Waals surface area (Å²) in [4.78, 5) is 10.7. The number of hydrogen-bond acceptors (Lipinski definition) is 4. The van der Waals surface area contributed by atoms with Gasteiger partial charge in [0.05, 0.1) is 5.56 Å². The molecule has 0 spiro atoms. The van der Waals surface area contributed by atoms with Crippen LogP contribution in [0, 0.1) is 12.7 Å². The highest BCUT2D eigenvalue weighted by molar-refractivity contribution is 6.31. The Labute approximate surface area is 105 Å². The van der Waals surface area contributed by atoms with Crippen molar-refractivity contribution in [1.29, 1.82) is 0 Å². The molecule has 0 unspecified atom stereocenters. The van der Waals surface area contributed by atoms with Gasteiger partial charge in [-0.15, -0.1) is 0 Å². The number of aromatic carboxylic acids is 1. The van der Waals surface area contributed by atoms with E-state index in [1.807, 2.05) is 0 Å². The van der Waals surface area contributed by atoms with E-state index < -0.39 is 23.3 Å². The van der Waals surface area contributed by atoms with E-state index in [1.165, 1.54) is 0 Å². The number of carboxylic acid groups (broad SMARTS) is 1. The number of phenolic OH excluding ortho intramolecular Hbond substituents is 1. The number of carbonyl (C=O) groups is 1. The van der Waals surface area contributed by atoms with E-state index in [4.69, 9.17) is 16.7 Å². The summed E-state index contributed by atoms with van der Waals surface area (Å²) < 4.78 is 17.9. The predicted octanol–water partition coefficient (Wildman–Crippen LogP) is 2.85. The van der Waals surface area contributed by atoms with Gasteiger partial charge in [-0.2, -0.15) is 0 Å². The molecule has 1 aromatic heterocycles. The summed E-state index contributed by atoms with van der Waals surface area (Å²) in [5, 5.41) is 21.9. The third-order valence-corrected chi connectivity index (χ3v) is 2.82. The quantitative estimate of drug-likeness (QED) is 0.877. The van der Waals surface area contributed by atoms with Gasteiger partial charge in [-0.3, -0.25) is 0 Å². The highest BCUT2D eigenvalue weighted by atomic mass is 35.5. The first-order valence-corrected chi connectivity index (χ1v) is 5.17. The first-order valence-electron chi connectivity index (χ1n) is 4.79. The lowest BCUT2D eigenvalue weighted by molar-refractivity contribution is 0.0652. The normalized spacial score (nSPS) is 10.6. The zero-order chi connectivity index (χ0) is 13.4. The van der Waals surface area contributed by atoms with Crippen LogP contribution in [0.2, 0.25) is 5.02 Å². The van der Waals surface area contributed by atoms with Crippen molar-refractivity contribution in [3.05, 3.63) is 34.3 Å². The lowest BCUT2D eigenvalue weighted by atomic mass is 10.0. The fourth-order valence-electron chi connectivity index (χ4n) is 1.51. The minimum atomic E-state index is -1.31. The molecular formula is C11H7ClFNO4. The van der Waals surface area contributed by atoms with E-state index in [-0.39, 0.29) is 16.3 Å². The monoisotopic (exact) mass is 271 g/mol. The maximum absolute atomic E-state index is 13.4. The Morgan fingerprint density at radius 1 is 1.50 bits per heavy atom. The van der Waals surface area contributed by atoms with Crippen molar-refractivity contribution in [2.45, 2.75) is 6.92 Å². The molecule has 0 saturated carbocycles. The van der Waals surface area contributed by atoms with Gasteiger partial charge in [0.1, 0.15) is 5.69 Å². The van der Waals surface area contributed by atoms with Crippen molar-refractivity contribution in [3.63, 3.8) is 0 Å². The molecule has 2 N–H and O–H groups in total. The topological polar surface area (TPSA) is 83.6 Å². The van der Waals surface area contributed by atoms with Gasteiger partial charge < -0.3 is 14.7 Å². The van der Waals surface area contributed by atoms with Gasteiger partial charge >= 0.3 is 5.97 Å². The van der Waals surface area contributed by atoms with Gasteiger partial charge in [0.2, 0.25) is 5.76 Å². The Morgan fingerprint density at radius 2 is 2.17 bits per heavy atom. The number of benzene rings is 1. The van der Waals surface area contributed by atoms with Crippen LogP contribution in [0.4, 0.5) is 4.39 Å². The van der Waals surface area contributed by atoms with Gasteiger partial charge in [0, 0.05) is 11.1 Å². The smallest absolute Gasteiger partial charge is 0.374 e. The van der Waals surface area contributed by atoms with Crippen LogP contribution in [0.1, 0.15) is 16.1 Å². The van der Waals surface area contributed by atoms with Gasteiger partial charge in [-0.05, 0) is 18.6 Å². The second kappa shape index (κ2) is 4.30. The van der Waals surface area contributed by atoms with Crippen LogP contribution in [0.5, 0.6) is 5.75 Å². The molecule has 1 heterocycles. The molecule has 5 nitrogen and oxygen atoms in total. The van der Waals surface area contributed by atoms with Crippen molar-refractivity contribution >= 4 is 17.6 Å². The molecule has 0 aliphatic rings. The number of aromatic hydroxyl groups is 1. The second-order valence-corrected chi connectivity index (χ2v) is 3.98. The number of phenols is 1. The molecule has 18 heavy (non-hydrogen) atoms. The fourth-order valence-corrected chi connectivity index (χ4v) is 1.70. The Morgan fingerprint density at radius 3 is 2.72 bits per heavy atom. The van der Waals surface area contributed by atoms with E-state index in [0.717, 1.165) is 12.1 Å². The zero-order valence-electron chi connectivity index (χ0n) is 9.07. The first kappa shape index (κ1) is 12.4. The van der Waals surface area contributed by atoms with Crippen LogP contribution < -0.4 is 0 Å². The van der Waals surface area contributed by atoms with Crippen LogP contribution >= 0.6 is 11.6 Å². The average Bonchev–Trinajstić information content (AvgIpc) is 2.76. The third-order valence-electron chi connectivity index (χ3n) is 2.43. The summed E-state index contributed by atoms with van der Waals surface area (Å²) >= 11 is 5.78. The van der Waals surface area contributed by atoms with Crippen LogP contribution in [-0.4, -0.2) is 21.3 Å². The highest BCUT2D eigenvalue weighted by Gasteiger charge is 2.20. The maximum Gasteiger partial charge on any atom is 0.374 e. The summed E-state index contributed by atoms with van der Waals surface area (Å²) in [6.07, 6.45) is 0. The largest absolute Gasteiger partial charge is 0.504 e. The minimum Gasteiger partial charge on any atom is -0.504 e. The second-order valence-electron chi connectivity index (χ2n) is 3.57. The molecule has 0 bridgehead atoms. The molecule has 94 valence electrons. The average molecular weight is 272 g/mol. The Balaban J connectivity index is 2.66. The van der Waals surface area contributed by atoms with Crippen LogP contribution in [0.3, 0.4) is 0 Å². The van der Waals surface area contributed by atoms with E-state index in [0.29, 0.717) is 5.56 Å². The lowest BCUT2D eigenvalue weighted by Gasteiger charge is -2.07. The van der Waals surface area contributed by atoms with E-state index in [2.05, 4.69) is 9.68 Å². The van der Waals surface area contributed by atoms with Crippen molar-refractivity contribution in [2.75, 3.05) is 0 Å². The number of rotatable bonds is 2. The Kier molecular flexibility index (Phi) is 2.96. The third kappa shape index (κ3) is 1.91. The molecule has 0 aliphatic carbocycles. The van der Waals surface area contributed by atoms with E-state index >= 15 is 0 Å². The SMILES string of the molecule is Cc1c(Cl)cc(F)c(O)c1-c1cc(C(=O)O)on1. The summed E-state index contributed by atoms with van der Waals surface area (Å²) in [5.74, 6) is -3.29. The van der Waals surface area contributed by atoms with Crippen LogP contribution in [-0.2, 0) is 0 Å². The number of nitrogens with zero attached hydrogens (tertiary/aromatic N) is 1. The van der Waals surface area contributed by atoms with Gasteiger partial charge in [-0.1, -0.05) is 16.8 Å². The van der Waals surface area contributed by atoms with Gasteiger partial charge in [0.25, 0.3) is 0 Å². The lowest BCUT2D eigenvalue weighted by Crippen LogP contribution is -1.92. The summed E-state index contributed by atoms with van der Waals surface area (Å²) in [7, 11) is 0.